The normalized spacial score (nSPS) is 13.8. The lowest BCUT2D eigenvalue weighted by Gasteiger charge is -2.15. The number of hydrogen-bond acceptors (Lipinski definition) is 5. The molecule has 0 saturated carbocycles. The van der Waals surface area contributed by atoms with Gasteiger partial charge in [0.25, 0.3) is 17.7 Å². The van der Waals surface area contributed by atoms with Gasteiger partial charge in [0, 0.05) is 13.0 Å². The lowest BCUT2D eigenvalue weighted by atomic mass is 10.1. The number of fused-ring (bicyclic) bond motifs is 1. The first kappa shape index (κ1) is 21.1. The van der Waals surface area contributed by atoms with E-state index in [-0.39, 0.29) is 19.4 Å². The van der Waals surface area contributed by atoms with Crippen molar-refractivity contribution >= 4 is 29.4 Å². The summed E-state index contributed by atoms with van der Waals surface area (Å²) >= 11 is 0. The fraction of sp³-hybridized carbons (Fsp3) is 0.238. The molecule has 0 bridgehead atoms. The second-order valence-corrected chi connectivity index (χ2v) is 6.63. The number of ether oxygens (including phenoxy) is 1. The van der Waals surface area contributed by atoms with Crippen molar-refractivity contribution in [3.05, 3.63) is 65.2 Å². The second-order valence-electron chi connectivity index (χ2n) is 6.63. The second kappa shape index (κ2) is 8.81. The third-order valence-corrected chi connectivity index (χ3v) is 4.53. The number of hydrogen-bond donors (Lipinski definition) is 1. The van der Waals surface area contributed by atoms with Crippen LogP contribution in [0.4, 0.5) is 14.5 Å². The highest BCUT2D eigenvalue weighted by Gasteiger charge is 2.34. The Morgan fingerprint density at radius 1 is 1.00 bits per heavy atom. The first-order valence-corrected chi connectivity index (χ1v) is 9.19. The Kier molecular flexibility index (Phi) is 6.20. The van der Waals surface area contributed by atoms with Gasteiger partial charge in [-0.15, -0.1) is 0 Å². The van der Waals surface area contributed by atoms with E-state index in [1.165, 1.54) is 6.92 Å². The molecule has 7 nitrogen and oxygen atoms in total. The topological polar surface area (TPSA) is 92.8 Å². The summed E-state index contributed by atoms with van der Waals surface area (Å²) in [6.45, 7) is 1.28. The van der Waals surface area contributed by atoms with Crippen LogP contribution in [0, 0.1) is 11.6 Å². The highest BCUT2D eigenvalue weighted by Crippen LogP contribution is 2.23. The maximum absolute atomic E-state index is 13.6. The standard InChI is InChI=1S/C21H18F2N2O5/c1-12(19(27)24-18-15(22)8-4-9-16(18)23)30-17(26)10-5-11-25-20(28)13-6-2-3-7-14(13)21(25)29/h2-4,6-9,12H,5,10-11H2,1H3,(H,24,27). The van der Waals surface area contributed by atoms with Gasteiger partial charge in [-0.1, -0.05) is 18.2 Å². The van der Waals surface area contributed by atoms with Gasteiger partial charge < -0.3 is 10.1 Å². The Bertz CT molecular complexity index is 969. The van der Waals surface area contributed by atoms with Crippen LogP contribution in [0.2, 0.25) is 0 Å². The first-order chi connectivity index (χ1) is 14.3. The van der Waals surface area contributed by atoms with Gasteiger partial charge in [-0.3, -0.25) is 24.1 Å². The summed E-state index contributed by atoms with van der Waals surface area (Å²) in [5.41, 5.74) is 0.00233. The van der Waals surface area contributed by atoms with E-state index in [9.17, 15) is 28.0 Å². The number of carbonyl (C=O) groups is 4. The van der Waals surface area contributed by atoms with Crippen LogP contribution in [-0.2, 0) is 14.3 Å². The van der Waals surface area contributed by atoms with Crippen molar-refractivity contribution in [2.75, 3.05) is 11.9 Å². The van der Waals surface area contributed by atoms with Crippen LogP contribution in [0.5, 0.6) is 0 Å². The van der Waals surface area contributed by atoms with Crippen molar-refractivity contribution in [1.29, 1.82) is 0 Å². The van der Waals surface area contributed by atoms with Crippen LogP contribution in [0.3, 0.4) is 0 Å². The average molecular weight is 416 g/mol. The molecule has 1 atom stereocenters. The van der Waals surface area contributed by atoms with Crippen molar-refractivity contribution in [2.45, 2.75) is 25.9 Å². The van der Waals surface area contributed by atoms with Crippen molar-refractivity contribution in [3.63, 3.8) is 0 Å². The molecule has 0 spiro atoms. The van der Waals surface area contributed by atoms with Crippen molar-refractivity contribution in [2.24, 2.45) is 0 Å². The lowest BCUT2D eigenvalue weighted by molar-refractivity contribution is -0.153. The van der Waals surface area contributed by atoms with E-state index < -0.39 is 47.1 Å². The van der Waals surface area contributed by atoms with E-state index >= 15 is 0 Å². The predicted molar refractivity (Wildman–Crippen MR) is 102 cm³/mol. The summed E-state index contributed by atoms with van der Waals surface area (Å²) in [6, 6.07) is 9.54. The van der Waals surface area contributed by atoms with Crippen LogP contribution in [0.1, 0.15) is 40.5 Å². The number of amides is 3. The van der Waals surface area contributed by atoms with Crippen molar-refractivity contribution < 1.29 is 32.7 Å². The van der Waals surface area contributed by atoms with Crippen LogP contribution in [0.25, 0.3) is 0 Å². The van der Waals surface area contributed by atoms with E-state index in [2.05, 4.69) is 0 Å². The number of nitrogens with one attached hydrogen (secondary N) is 1. The van der Waals surface area contributed by atoms with Crippen molar-refractivity contribution in [3.8, 4) is 0 Å². The molecule has 1 heterocycles. The van der Waals surface area contributed by atoms with E-state index in [4.69, 9.17) is 4.74 Å². The minimum atomic E-state index is -1.30. The van der Waals surface area contributed by atoms with Gasteiger partial charge in [0.15, 0.2) is 6.10 Å². The van der Waals surface area contributed by atoms with Crippen LogP contribution < -0.4 is 5.32 Å². The van der Waals surface area contributed by atoms with Gasteiger partial charge in [-0.25, -0.2) is 8.78 Å². The number of anilines is 1. The van der Waals surface area contributed by atoms with E-state index in [1.807, 2.05) is 5.32 Å². The van der Waals surface area contributed by atoms with E-state index in [1.54, 1.807) is 24.3 Å². The van der Waals surface area contributed by atoms with Gasteiger partial charge in [-0.2, -0.15) is 0 Å². The van der Waals surface area contributed by atoms with Crippen LogP contribution >= 0.6 is 0 Å². The quantitative estimate of drug-likeness (QED) is 0.554. The maximum atomic E-state index is 13.6. The molecule has 3 rings (SSSR count). The number of rotatable bonds is 7. The van der Waals surface area contributed by atoms with Gasteiger partial charge in [-0.05, 0) is 37.6 Å². The molecule has 9 heteroatoms. The molecule has 1 aliphatic rings. The Labute approximate surface area is 170 Å². The highest BCUT2D eigenvalue weighted by atomic mass is 19.1. The molecular formula is C21H18F2N2O5. The predicted octanol–water partition coefficient (Wildman–Crippen LogP) is 2.91. The summed E-state index contributed by atoms with van der Waals surface area (Å²) in [5.74, 6) is -4.41. The summed E-state index contributed by atoms with van der Waals surface area (Å²) in [6.07, 6.45) is -1.31. The number of benzene rings is 2. The molecule has 2 aromatic rings. The highest BCUT2D eigenvalue weighted by molar-refractivity contribution is 6.21. The summed E-state index contributed by atoms with van der Waals surface area (Å²) < 4.78 is 32.1. The van der Waals surface area contributed by atoms with E-state index in [0.29, 0.717) is 11.1 Å². The smallest absolute Gasteiger partial charge is 0.306 e. The molecule has 1 aliphatic heterocycles. The van der Waals surface area contributed by atoms with Crippen LogP contribution in [0.15, 0.2) is 42.5 Å². The molecule has 1 unspecified atom stereocenters. The molecular weight excluding hydrogens is 398 g/mol. The Balaban J connectivity index is 1.47. The molecule has 3 amide bonds. The minimum absolute atomic E-state index is 0.0163. The minimum Gasteiger partial charge on any atom is -0.453 e. The zero-order valence-electron chi connectivity index (χ0n) is 16.0. The number of imide groups is 1. The summed E-state index contributed by atoms with van der Waals surface area (Å²) in [5, 5.41) is 2.04. The molecule has 1 N–H and O–H groups in total. The molecule has 30 heavy (non-hydrogen) atoms. The fourth-order valence-electron chi connectivity index (χ4n) is 2.98. The third-order valence-electron chi connectivity index (χ3n) is 4.53. The van der Waals surface area contributed by atoms with Gasteiger partial charge in [0.1, 0.15) is 17.3 Å². The number of esters is 1. The molecule has 0 aromatic heterocycles. The molecule has 0 fully saturated rings. The zero-order valence-corrected chi connectivity index (χ0v) is 16.0. The Morgan fingerprint density at radius 3 is 2.13 bits per heavy atom. The lowest BCUT2D eigenvalue weighted by Crippen LogP contribution is -2.32. The van der Waals surface area contributed by atoms with Gasteiger partial charge >= 0.3 is 5.97 Å². The van der Waals surface area contributed by atoms with Crippen LogP contribution in [-0.4, -0.2) is 41.2 Å². The summed E-state index contributed by atoms with van der Waals surface area (Å²) in [4.78, 5) is 49.5. The van der Waals surface area contributed by atoms with Gasteiger partial charge in [0.05, 0.1) is 11.1 Å². The number of nitrogens with zero attached hydrogens (tertiary/aromatic N) is 1. The molecule has 0 saturated heterocycles. The Hall–Kier alpha value is -3.62. The average Bonchev–Trinajstić information content (AvgIpc) is 2.95. The molecule has 0 radical (unpaired) electrons. The third kappa shape index (κ3) is 4.35. The zero-order chi connectivity index (χ0) is 21.8. The fourth-order valence-corrected chi connectivity index (χ4v) is 2.98. The van der Waals surface area contributed by atoms with E-state index in [0.717, 1.165) is 23.1 Å². The largest absolute Gasteiger partial charge is 0.453 e. The number of para-hydroxylation sites is 1. The number of halogens is 2. The summed E-state index contributed by atoms with van der Waals surface area (Å²) in [7, 11) is 0. The SMILES string of the molecule is CC(OC(=O)CCCN1C(=O)c2ccccc2C1=O)C(=O)Nc1c(F)cccc1F. The Morgan fingerprint density at radius 2 is 1.57 bits per heavy atom. The first-order valence-electron chi connectivity index (χ1n) is 9.19. The molecule has 2 aromatic carbocycles. The molecule has 0 aliphatic carbocycles. The van der Waals surface area contributed by atoms with Crippen molar-refractivity contribution in [1.82, 2.24) is 4.90 Å². The maximum Gasteiger partial charge on any atom is 0.306 e. The molecule has 156 valence electrons. The monoisotopic (exact) mass is 416 g/mol. The van der Waals surface area contributed by atoms with Gasteiger partial charge in [0.2, 0.25) is 0 Å². The number of carbonyl (C=O) groups excluding carboxylic acids is 4.